The minimum atomic E-state index is -0.841. The topological polar surface area (TPSA) is 157 Å². The zero-order chi connectivity index (χ0) is 35.1. The molecule has 0 aromatic heterocycles. The molecule has 0 aromatic carbocycles. The first-order valence-electron chi connectivity index (χ1n) is 18.8. The third-order valence-electron chi connectivity index (χ3n) is 13.5. The van der Waals surface area contributed by atoms with E-state index in [1.807, 2.05) is 4.90 Å². The van der Waals surface area contributed by atoms with E-state index < -0.39 is 47.7 Å². The molecule has 12 heteroatoms. The van der Waals surface area contributed by atoms with Crippen LogP contribution in [0.4, 0.5) is 4.79 Å². The number of carbonyl (C=O) groups excluding carboxylic acids is 6. The lowest BCUT2D eigenvalue weighted by molar-refractivity contribution is -0.144. The van der Waals surface area contributed by atoms with Crippen molar-refractivity contribution in [1.29, 1.82) is 0 Å². The fourth-order valence-corrected chi connectivity index (χ4v) is 10.7. The summed E-state index contributed by atoms with van der Waals surface area (Å²) in [7, 11) is 0. The minimum Gasteiger partial charge on any atom is -0.347 e. The van der Waals surface area contributed by atoms with Crippen LogP contribution in [0.1, 0.15) is 91.4 Å². The monoisotopic (exact) mass is 680 g/mol. The van der Waals surface area contributed by atoms with Crippen molar-refractivity contribution in [3.8, 4) is 0 Å². The number of hydrogen-bond acceptors (Lipinski definition) is 6. The van der Waals surface area contributed by atoms with Crippen LogP contribution < -0.4 is 21.3 Å². The van der Waals surface area contributed by atoms with Crippen molar-refractivity contribution < 1.29 is 28.8 Å². The third kappa shape index (κ3) is 6.60. The fraction of sp³-hybridized carbons (Fsp3) is 0.784. The second kappa shape index (κ2) is 14.1. The van der Waals surface area contributed by atoms with Gasteiger partial charge >= 0.3 is 6.03 Å². The van der Waals surface area contributed by atoms with E-state index in [-0.39, 0.29) is 41.7 Å². The summed E-state index contributed by atoms with van der Waals surface area (Å²) in [5, 5.41) is 11.5. The van der Waals surface area contributed by atoms with Crippen LogP contribution in [0.2, 0.25) is 0 Å². The number of nitrogens with zero attached hydrogens (tertiary/aromatic N) is 2. The van der Waals surface area contributed by atoms with Crippen molar-refractivity contribution in [2.75, 3.05) is 32.7 Å². The summed E-state index contributed by atoms with van der Waals surface area (Å²) in [6.45, 7) is 11.3. The van der Waals surface area contributed by atoms with Gasteiger partial charge in [0, 0.05) is 38.0 Å². The van der Waals surface area contributed by atoms with Gasteiger partial charge in [-0.15, -0.1) is 6.58 Å². The van der Waals surface area contributed by atoms with E-state index in [1.165, 1.54) is 6.08 Å². The molecular formula is C37H56N6O6. The molecule has 2 aliphatic heterocycles. The van der Waals surface area contributed by atoms with Crippen molar-refractivity contribution in [3.05, 3.63) is 12.7 Å². The number of likely N-dealkylation sites (tertiary alicyclic amines) is 2. The molecule has 6 aliphatic rings. The normalized spacial score (nSPS) is 33.7. The molecule has 0 aromatic rings. The highest BCUT2D eigenvalue weighted by Gasteiger charge is 2.85. The lowest BCUT2D eigenvalue weighted by atomic mass is 9.70. The first-order valence-corrected chi connectivity index (χ1v) is 18.8. The van der Waals surface area contributed by atoms with E-state index in [4.69, 9.17) is 0 Å². The lowest BCUT2D eigenvalue weighted by Gasteiger charge is -2.43. The second-order valence-corrected chi connectivity index (χ2v) is 16.1. The highest BCUT2D eigenvalue weighted by atomic mass is 16.2. The Labute approximate surface area is 290 Å². The second-order valence-electron chi connectivity index (χ2n) is 16.1. The molecule has 0 bridgehead atoms. The van der Waals surface area contributed by atoms with Gasteiger partial charge in [-0.2, -0.15) is 0 Å². The van der Waals surface area contributed by atoms with Crippen LogP contribution in [0.25, 0.3) is 0 Å². The van der Waals surface area contributed by atoms with Crippen LogP contribution in [0, 0.1) is 40.4 Å². The zero-order valence-electron chi connectivity index (χ0n) is 29.6. The van der Waals surface area contributed by atoms with Crippen molar-refractivity contribution in [1.82, 2.24) is 31.1 Å². The number of Topliss-reactive ketones (excluding diaryl/α,β-unsaturated/α-hetero) is 1. The smallest absolute Gasteiger partial charge is 0.315 e. The Morgan fingerprint density at radius 1 is 0.959 bits per heavy atom. The van der Waals surface area contributed by atoms with E-state index in [2.05, 4.69) is 48.6 Å². The molecule has 2 heterocycles. The summed E-state index contributed by atoms with van der Waals surface area (Å²) in [6.07, 6.45) is 11.1. The molecule has 2 unspecified atom stereocenters. The van der Waals surface area contributed by atoms with Gasteiger partial charge in [-0.1, -0.05) is 52.5 Å². The van der Waals surface area contributed by atoms with Gasteiger partial charge in [-0.3, -0.25) is 24.0 Å². The molecule has 6 amide bonds. The molecule has 6 fully saturated rings. The molecule has 49 heavy (non-hydrogen) atoms. The Morgan fingerprint density at radius 3 is 2.35 bits per heavy atom. The lowest BCUT2D eigenvalue weighted by Crippen LogP contribution is -2.62. The summed E-state index contributed by atoms with van der Waals surface area (Å²) in [6, 6.07) is -2.22. The van der Waals surface area contributed by atoms with Crippen LogP contribution in [-0.2, 0) is 24.0 Å². The Kier molecular flexibility index (Phi) is 10.2. The van der Waals surface area contributed by atoms with Gasteiger partial charge in [0.25, 0.3) is 5.91 Å². The summed E-state index contributed by atoms with van der Waals surface area (Å²) < 4.78 is 0. The summed E-state index contributed by atoms with van der Waals surface area (Å²) in [5.41, 5.74) is -0.511. The summed E-state index contributed by atoms with van der Waals surface area (Å²) >= 11 is 0. The van der Waals surface area contributed by atoms with Gasteiger partial charge in [0.1, 0.15) is 12.1 Å². The molecule has 12 nitrogen and oxygen atoms in total. The number of carbonyl (C=O) groups is 6. The van der Waals surface area contributed by atoms with Crippen molar-refractivity contribution >= 4 is 35.4 Å². The van der Waals surface area contributed by atoms with Crippen LogP contribution >= 0.6 is 0 Å². The van der Waals surface area contributed by atoms with E-state index >= 15 is 0 Å². The van der Waals surface area contributed by atoms with Gasteiger partial charge in [-0.25, -0.2) is 4.79 Å². The fourth-order valence-electron chi connectivity index (χ4n) is 10.7. The SMILES string of the molecule is C=CCNC(=O)C(=O)CNC(=O)[C@@H]1[C@H]2CCC[C@H]2CN1C(=O)[C@@H](NC(=O)N[C@H](CN1CCCCC1=O)C12C(C)C1C2C)C1(C)CCCCC1. The zero-order valence-corrected chi connectivity index (χ0v) is 29.6. The van der Waals surface area contributed by atoms with E-state index in [9.17, 15) is 28.8 Å². The van der Waals surface area contributed by atoms with E-state index in [0.29, 0.717) is 43.8 Å². The predicted molar refractivity (Wildman–Crippen MR) is 183 cm³/mol. The number of piperidine rings is 1. The molecule has 7 atom stereocenters. The Bertz CT molecular complexity index is 1350. The van der Waals surface area contributed by atoms with E-state index in [1.54, 1.807) is 4.90 Å². The predicted octanol–water partition coefficient (Wildman–Crippen LogP) is 2.52. The van der Waals surface area contributed by atoms with Gasteiger partial charge in [-0.05, 0) is 73.5 Å². The molecule has 6 rings (SSSR count). The summed E-state index contributed by atoms with van der Waals surface area (Å²) in [5.74, 6) is -0.519. The molecule has 0 radical (unpaired) electrons. The number of fused-ring (bicyclic) bond motifs is 2. The van der Waals surface area contributed by atoms with Crippen LogP contribution in [0.5, 0.6) is 0 Å². The molecule has 270 valence electrons. The maximum Gasteiger partial charge on any atom is 0.315 e. The number of amides is 6. The Morgan fingerprint density at radius 2 is 1.69 bits per heavy atom. The molecule has 4 aliphatic carbocycles. The minimum absolute atomic E-state index is 0.0150. The largest absolute Gasteiger partial charge is 0.347 e. The van der Waals surface area contributed by atoms with Gasteiger partial charge in [0.05, 0.1) is 12.6 Å². The van der Waals surface area contributed by atoms with Crippen molar-refractivity contribution in [2.24, 2.45) is 40.4 Å². The van der Waals surface area contributed by atoms with Gasteiger partial charge in [0.2, 0.25) is 23.5 Å². The maximum absolute atomic E-state index is 14.8. The maximum atomic E-state index is 14.8. The van der Waals surface area contributed by atoms with Crippen molar-refractivity contribution in [3.63, 3.8) is 0 Å². The van der Waals surface area contributed by atoms with Gasteiger partial charge < -0.3 is 31.1 Å². The number of hydrogen-bond donors (Lipinski definition) is 4. The number of ketones is 1. The molecule has 4 N–H and O–H groups in total. The Balaban J connectivity index is 1.19. The van der Waals surface area contributed by atoms with Crippen LogP contribution in [0.15, 0.2) is 12.7 Å². The third-order valence-corrected chi connectivity index (χ3v) is 13.5. The molecular weight excluding hydrogens is 624 g/mol. The average Bonchev–Trinajstić information content (AvgIpc) is 3.72. The number of rotatable bonds is 13. The van der Waals surface area contributed by atoms with Crippen LogP contribution in [-0.4, -0.2) is 96.1 Å². The van der Waals surface area contributed by atoms with Gasteiger partial charge in [0.15, 0.2) is 0 Å². The first kappa shape index (κ1) is 35.4. The highest BCUT2D eigenvalue weighted by molar-refractivity contribution is 6.37. The average molecular weight is 681 g/mol. The highest BCUT2D eigenvalue weighted by Crippen LogP contribution is 2.85. The molecule has 0 spiro atoms. The first-order chi connectivity index (χ1) is 23.4. The van der Waals surface area contributed by atoms with E-state index in [0.717, 1.165) is 64.2 Å². The molecule has 4 saturated carbocycles. The standard InChI is InChI=1S/C37H56N6O6/c1-5-17-38-32(46)26(44)19-39-33(47)30-25-13-11-12-24(25)20-43(30)34(48)31(36(4)15-8-6-9-16-36)41-35(49)40-27(37-22(2)29(37)23(37)3)21-42-18-10-7-14-28(42)45/h5,22-25,27,29-31H,1,6-21H2,2-4H3,(H,38,46)(H,39,47)(H2,40,41,49)/t22?,23?,24-,25-,27+,29?,30-,31+,37?/m0/s1. The number of urea groups is 1. The van der Waals surface area contributed by atoms with Crippen molar-refractivity contribution in [2.45, 2.75) is 110 Å². The Hall–Kier alpha value is -3.44. The quantitative estimate of drug-likeness (QED) is 0.173. The number of nitrogens with one attached hydrogen (secondary N) is 4. The molecule has 2 saturated heterocycles. The summed E-state index contributed by atoms with van der Waals surface area (Å²) in [4.78, 5) is 83.5. The van der Waals surface area contributed by atoms with Crippen LogP contribution in [0.3, 0.4) is 0 Å².